The van der Waals surface area contributed by atoms with Crippen LogP contribution < -0.4 is 15.4 Å². The molecule has 0 spiro atoms. The van der Waals surface area contributed by atoms with Gasteiger partial charge in [-0.2, -0.15) is 0 Å². The van der Waals surface area contributed by atoms with Crippen molar-refractivity contribution in [1.82, 2.24) is 0 Å². The number of benzene rings is 1. The van der Waals surface area contributed by atoms with Gasteiger partial charge in [0.2, 0.25) is 0 Å². The molecule has 0 aliphatic heterocycles. The molecular formula is C16H28N2O3. The molecule has 0 saturated carbocycles. The maximum absolute atomic E-state index is 5.99. The molecule has 0 unspecified atom stereocenters. The normalized spacial score (nSPS) is 10.9. The lowest BCUT2D eigenvalue weighted by atomic mass is 10.2. The average Bonchev–Trinajstić information content (AvgIpc) is 2.41. The van der Waals surface area contributed by atoms with Crippen molar-refractivity contribution in [3.63, 3.8) is 0 Å². The third-order valence-electron chi connectivity index (χ3n) is 2.99. The van der Waals surface area contributed by atoms with Crippen LogP contribution in [0.3, 0.4) is 0 Å². The molecule has 0 atom stereocenters. The van der Waals surface area contributed by atoms with E-state index >= 15 is 0 Å². The molecular weight excluding hydrogens is 268 g/mol. The van der Waals surface area contributed by atoms with E-state index in [0.717, 1.165) is 37.6 Å². The van der Waals surface area contributed by atoms with Crippen LogP contribution in [0.2, 0.25) is 0 Å². The lowest BCUT2D eigenvalue weighted by Gasteiger charge is -2.25. The van der Waals surface area contributed by atoms with Gasteiger partial charge in [0.25, 0.3) is 0 Å². The fourth-order valence-corrected chi connectivity index (χ4v) is 2.10. The number of nitrogen functional groups attached to an aromatic ring is 1. The highest BCUT2D eigenvalue weighted by atomic mass is 16.5. The summed E-state index contributed by atoms with van der Waals surface area (Å²) in [5, 5.41) is 0. The molecule has 1 aromatic carbocycles. The molecule has 0 radical (unpaired) electrons. The van der Waals surface area contributed by atoms with Crippen molar-refractivity contribution < 1.29 is 14.2 Å². The van der Waals surface area contributed by atoms with Crippen LogP contribution in [-0.4, -0.2) is 46.6 Å². The highest BCUT2D eigenvalue weighted by molar-refractivity contribution is 5.60. The Morgan fingerprint density at radius 1 is 1.05 bits per heavy atom. The second kappa shape index (κ2) is 9.47. The zero-order valence-electron chi connectivity index (χ0n) is 13.6. The van der Waals surface area contributed by atoms with E-state index in [1.807, 2.05) is 32.0 Å². The van der Waals surface area contributed by atoms with E-state index < -0.39 is 0 Å². The standard InChI is InChI=1S/C16H28N2O3/c1-13(2)21-16-11-14(17)10-15(12-16)18(7-9-20-4)6-5-8-19-3/h10-13H,5-9,17H2,1-4H3. The largest absolute Gasteiger partial charge is 0.491 e. The molecule has 0 aromatic heterocycles. The van der Waals surface area contributed by atoms with Gasteiger partial charge < -0.3 is 24.8 Å². The third-order valence-corrected chi connectivity index (χ3v) is 2.99. The van der Waals surface area contributed by atoms with Crippen LogP contribution >= 0.6 is 0 Å². The number of nitrogens with zero attached hydrogens (tertiary/aromatic N) is 1. The lowest BCUT2D eigenvalue weighted by molar-refractivity contribution is 0.191. The minimum absolute atomic E-state index is 0.126. The van der Waals surface area contributed by atoms with Crippen molar-refractivity contribution in [3.8, 4) is 5.75 Å². The Morgan fingerprint density at radius 3 is 2.38 bits per heavy atom. The highest BCUT2D eigenvalue weighted by Crippen LogP contribution is 2.26. The average molecular weight is 296 g/mol. The van der Waals surface area contributed by atoms with Crippen LogP contribution in [0.1, 0.15) is 20.3 Å². The Labute approximate surface area is 128 Å². The van der Waals surface area contributed by atoms with Crippen molar-refractivity contribution in [2.45, 2.75) is 26.4 Å². The van der Waals surface area contributed by atoms with Gasteiger partial charge in [0.1, 0.15) is 5.75 Å². The zero-order valence-corrected chi connectivity index (χ0v) is 13.6. The highest BCUT2D eigenvalue weighted by Gasteiger charge is 2.10. The summed E-state index contributed by atoms with van der Waals surface area (Å²) < 4.78 is 16.1. The van der Waals surface area contributed by atoms with Gasteiger partial charge in [-0.15, -0.1) is 0 Å². The molecule has 0 amide bonds. The molecule has 0 aliphatic rings. The quantitative estimate of drug-likeness (QED) is 0.531. The SMILES string of the molecule is COCCCN(CCOC)c1cc(N)cc(OC(C)C)c1. The van der Waals surface area contributed by atoms with Gasteiger partial charge in [0.05, 0.1) is 12.7 Å². The minimum atomic E-state index is 0.126. The Morgan fingerprint density at radius 2 is 1.76 bits per heavy atom. The summed E-state index contributed by atoms with van der Waals surface area (Å²) in [5.41, 5.74) is 7.75. The van der Waals surface area contributed by atoms with Crippen molar-refractivity contribution in [1.29, 1.82) is 0 Å². The van der Waals surface area contributed by atoms with Gasteiger partial charge in [-0.05, 0) is 26.3 Å². The smallest absolute Gasteiger partial charge is 0.123 e. The molecule has 5 heteroatoms. The number of rotatable bonds is 10. The second-order valence-electron chi connectivity index (χ2n) is 5.25. The molecule has 120 valence electrons. The van der Waals surface area contributed by atoms with E-state index in [1.165, 1.54) is 0 Å². The summed E-state index contributed by atoms with van der Waals surface area (Å²) in [5.74, 6) is 0.800. The van der Waals surface area contributed by atoms with E-state index in [-0.39, 0.29) is 6.10 Å². The Kier molecular flexibility index (Phi) is 7.93. The van der Waals surface area contributed by atoms with Gasteiger partial charge >= 0.3 is 0 Å². The first kappa shape index (κ1) is 17.6. The molecule has 0 saturated heterocycles. The van der Waals surface area contributed by atoms with Gasteiger partial charge in [-0.25, -0.2) is 0 Å². The third kappa shape index (κ3) is 6.69. The molecule has 0 heterocycles. The zero-order chi connectivity index (χ0) is 15.7. The Balaban J connectivity index is 2.85. The first-order valence-electron chi connectivity index (χ1n) is 7.37. The van der Waals surface area contributed by atoms with Crippen LogP contribution in [-0.2, 0) is 9.47 Å². The maximum Gasteiger partial charge on any atom is 0.123 e. The Hall–Kier alpha value is -1.46. The van der Waals surface area contributed by atoms with Crippen molar-refractivity contribution in [3.05, 3.63) is 18.2 Å². The van der Waals surface area contributed by atoms with Crippen molar-refractivity contribution >= 4 is 11.4 Å². The summed E-state index contributed by atoms with van der Waals surface area (Å²) in [6.07, 6.45) is 1.08. The van der Waals surface area contributed by atoms with Crippen molar-refractivity contribution in [2.75, 3.05) is 51.2 Å². The van der Waals surface area contributed by atoms with E-state index in [0.29, 0.717) is 12.3 Å². The number of anilines is 2. The monoisotopic (exact) mass is 296 g/mol. The van der Waals surface area contributed by atoms with Gasteiger partial charge in [-0.3, -0.25) is 0 Å². The lowest BCUT2D eigenvalue weighted by Crippen LogP contribution is -2.29. The molecule has 0 fully saturated rings. The fraction of sp³-hybridized carbons (Fsp3) is 0.625. The summed E-state index contributed by atoms with van der Waals surface area (Å²) >= 11 is 0. The van der Waals surface area contributed by atoms with Gasteiger partial charge in [-0.1, -0.05) is 0 Å². The fourth-order valence-electron chi connectivity index (χ4n) is 2.10. The van der Waals surface area contributed by atoms with Crippen LogP contribution in [0.25, 0.3) is 0 Å². The number of methoxy groups -OCH3 is 2. The van der Waals surface area contributed by atoms with Gasteiger partial charge in [0.15, 0.2) is 0 Å². The second-order valence-corrected chi connectivity index (χ2v) is 5.25. The Bertz CT molecular complexity index is 411. The van der Waals surface area contributed by atoms with E-state index in [1.54, 1.807) is 14.2 Å². The van der Waals surface area contributed by atoms with Crippen LogP contribution in [0.15, 0.2) is 18.2 Å². The molecule has 21 heavy (non-hydrogen) atoms. The summed E-state index contributed by atoms with van der Waals surface area (Å²) in [6, 6.07) is 5.85. The van der Waals surface area contributed by atoms with Crippen LogP contribution in [0.4, 0.5) is 11.4 Å². The minimum Gasteiger partial charge on any atom is -0.491 e. The van der Waals surface area contributed by atoms with Crippen LogP contribution in [0.5, 0.6) is 5.75 Å². The topological polar surface area (TPSA) is 57.0 Å². The maximum atomic E-state index is 5.99. The number of nitrogens with two attached hydrogens (primary N) is 1. The van der Waals surface area contributed by atoms with Gasteiger partial charge in [0, 0.05) is 57.4 Å². The number of hydrogen-bond donors (Lipinski definition) is 1. The van der Waals surface area contributed by atoms with Crippen molar-refractivity contribution in [2.24, 2.45) is 0 Å². The molecule has 0 bridgehead atoms. The summed E-state index contributed by atoms with van der Waals surface area (Å²) in [7, 11) is 3.43. The molecule has 0 aliphatic carbocycles. The first-order chi connectivity index (χ1) is 10.1. The molecule has 2 N–H and O–H groups in total. The number of hydrogen-bond acceptors (Lipinski definition) is 5. The van der Waals surface area contributed by atoms with Crippen LogP contribution in [0, 0.1) is 0 Å². The van der Waals surface area contributed by atoms with E-state index in [2.05, 4.69) is 4.90 Å². The molecule has 1 rings (SSSR count). The van der Waals surface area contributed by atoms with E-state index in [4.69, 9.17) is 19.9 Å². The predicted molar refractivity (Wildman–Crippen MR) is 87.2 cm³/mol. The molecule has 5 nitrogen and oxygen atoms in total. The summed E-state index contributed by atoms with van der Waals surface area (Å²) in [6.45, 7) is 7.12. The first-order valence-corrected chi connectivity index (χ1v) is 7.37. The number of ether oxygens (including phenoxy) is 3. The summed E-state index contributed by atoms with van der Waals surface area (Å²) in [4.78, 5) is 2.24. The predicted octanol–water partition coefficient (Wildman–Crippen LogP) is 2.55. The molecule has 1 aromatic rings. The van der Waals surface area contributed by atoms with E-state index in [9.17, 15) is 0 Å².